The number of hydrogen-bond donors (Lipinski definition) is 1. The molecule has 1 aromatic heterocycles. The van der Waals surface area contributed by atoms with E-state index in [1.165, 1.54) is 17.4 Å². The van der Waals surface area contributed by atoms with Gasteiger partial charge in [0, 0.05) is 17.6 Å². The molecule has 2 bridgehead atoms. The molecule has 0 spiro atoms. The first kappa shape index (κ1) is 21.5. The van der Waals surface area contributed by atoms with Crippen LogP contribution in [0, 0.1) is 0 Å². The van der Waals surface area contributed by atoms with Gasteiger partial charge in [0.15, 0.2) is 10.9 Å². The fraction of sp³-hybridized carbons (Fsp3) is 0.579. The number of alkyl halides is 2. The summed E-state index contributed by atoms with van der Waals surface area (Å²) in [7, 11) is 0. The Morgan fingerprint density at radius 1 is 1.33 bits per heavy atom. The molecule has 11 heteroatoms. The van der Waals surface area contributed by atoms with Crippen LogP contribution in [0.4, 0.5) is 18.7 Å². The summed E-state index contributed by atoms with van der Waals surface area (Å²) in [4.78, 5) is 20.8. The van der Waals surface area contributed by atoms with Gasteiger partial charge in [-0.15, -0.1) is 0 Å². The third kappa shape index (κ3) is 4.06. The second kappa shape index (κ2) is 7.45. The van der Waals surface area contributed by atoms with Gasteiger partial charge in [-0.2, -0.15) is 8.78 Å². The second-order valence-electron chi connectivity index (χ2n) is 8.45. The minimum Gasteiger partial charge on any atom is -0.444 e. The quantitative estimate of drug-likeness (QED) is 0.670. The van der Waals surface area contributed by atoms with Crippen molar-refractivity contribution in [2.24, 2.45) is 0 Å². The molecular formula is C19H22BrF2N3O4S. The maximum Gasteiger partial charge on any atom is 0.421 e. The minimum absolute atomic E-state index is 0.0310. The van der Waals surface area contributed by atoms with Crippen molar-refractivity contribution in [2.45, 2.75) is 51.0 Å². The van der Waals surface area contributed by atoms with E-state index >= 15 is 0 Å². The van der Waals surface area contributed by atoms with Crippen LogP contribution in [0.25, 0.3) is 10.2 Å². The average molecular weight is 506 g/mol. The molecular weight excluding hydrogens is 484 g/mol. The summed E-state index contributed by atoms with van der Waals surface area (Å²) < 4.78 is 38.7. The van der Waals surface area contributed by atoms with Crippen molar-refractivity contribution in [2.75, 3.05) is 24.6 Å². The first-order chi connectivity index (χ1) is 14.0. The van der Waals surface area contributed by atoms with E-state index in [1.54, 1.807) is 11.0 Å². The highest BCUT2D eigenvalue weighted by Crippen LogP contribution is 2.43. The highest BCUT2D eigenvalue weighted by molar-refractivity contribution is 9.10. The van der Waals surface area contributed by atoms with Crippen LogP contribution in [0.3, 0.4) is 0 Å². The van der Waals surface area contributed by atoms with Crippen molar-refractivity contribution in [3.63, 3.8) is 0 Å². The Morgan fingerprint density at radius 3 is 2.60 bits per heavy atom. The number of ether oxygens (including phenoxy) is 2. The Bertz CT molecular complexity index is 969. The SMILES string of the molecule is CC(C)(C)OC(=O)N1C2CC1CN(c1nc3c(OC(F)(F)CO)ccc(Br)c3s1)C2. The largest absolute Gasteiger partial charge is 0.444 e. The highest BCUT2D eigenvalue weighted by Gasteiger charge is 2.49. The number of nitrogens with zero attached hydrogens (tertiary/aromatic N) is 3. The topological polar surface area (TPSA) is 75.1 Å². The van der Waals surface area contributed by atoms with Gasteiger partial charge < -0.3 is 19.5 Å². The van der Waals surface area contributed by atoms with Crippen LogP contribution in [0.15, 0.2) is 16.6 Å². The third-order valence-electron chi connectivity index (χ3n) is 4.96. The normalized spacial score (nSPS) is 21.6. The molecule has 3 aliphatic rings. The van der Waals surface area contributed by atoms with Gasteiger partial charge in [0.2, 0.25) is 0 Å². The molecule has 0 radical (unpaired) electrons. The molecule has 3 aliphatic heterocycles. The molecule has 30 heavy (non-hydrogen) atoms. The van der Waals surface area contributed by atoms with Crippen LogP contribution >= 0.6 is 27.3 Å². The molecule has 0 aliphatic carbocycles. The summed E-state index contributed by atoms with van der Waals surface area (Å²) >= 11 is 4.80. The number of piperidine rings is 1. The Labute approximate surface area is 184 Å². The summed E-state index contributed by atoms with van der Waals surface area (Å²) in [5.74, 6) is -0.0905. The molecule has 164 valence electrons. The van der Waals surface area contributed by atoms with E-state index in [0.717, 1.165) is 10.9 Å². The maximum absolute atomic E-state index is 13.6. The third-order valence-corrected chi connectivity index (χ3v) is 7.03. The Balaban J connectivity index is 1.54. The molecule has 2 atom stereocenters. The number of aliphatic hydroxyl groups excluding tert-OH is 1. The van der Waals surface area contributed by atoms with Gasteiger partial charge in [0.1, 0.15) is 17.7 Å². The average Bonchev–Trinajstić information content (AvgIpc) is 3.09. The second-order valence-corrected chi connectivity index (χ2v) is 10.3. The molecule has 0 saturated carbocycles. The number of hydrogen-bond acceptors (Lipinski definition) is 7. The number of carbonyl (C=O) groups is 1. The monoisotopic (exact) mass is 505 g/mol. The van der Waals surface area contributed by atoms with Gasteiger partial charge in [-0.25, -0.2) is 9.78 Å². The number of thiazole rings is 1. The number of aromatic nitrogens is 1. The number of halogens is 3. The number of rotatable bonds is 4. The van der Waals surface area contributed by atoms with Crippen LogP contribution in [0.5, 0.6) is 5.75 Å². The van der Waals surface area contributed by atoms with Gasteiger partial charge in [0.05, 0.1) is 16.8 Å². The zero-order valence-corrected chi connectivity index (χ0v) is 19.1. The van der Waals surface area contributed by atoms with E-state index in [0.29, 0.717) is 28.4 Å². The smallest absolute Gasteiger partial charge is 0.421 e. The number of benzene rings is 1. The lowest BCUT2D eigenvalue weighted by Gasteiger charge is -2.55. The molecule has 4 heterocycles. The molecule has 1 aromatic carbocycles. The molecule has 2 unspecified atom stereocenters. The number of aliphatic hydroxyl groups is 1. The van der Waals surface area contributed by atoms with Crippen molar-refractivity contribution < 1.29 is 28.2 Å². The van der Waals surface area contributed by atoms with E-state index in [1.807, 2.05) is 20.8 Å². The fourth-order valence-corrected chi connectivity index (χ4v) is 5.30. The van der Waals surface area contributed by atoms with E-state index < -0.39 is 18.3 Å². The number of carbonyl (C=O) groups excluding carboxylic acids is 1. The lowest BCUT2D eigenvalue weighted by Crippen LogP contribution is -2.70. The molecule has 3 saturated heterocycles. The molecule has 2 aromatic rings. The summed E-state index contributed by atoms with van der Waals surface area (Å²) in [6.45, 7) is 5.28. The van der Waals surface area contributed by atoms with Gasteiger partial charge in [-0.1, -0.05) is 11.3 Å². The molecule has 1 N–H and O–H groups in total. The van der Waals surface area contributed by atoms with Gasteiger partial charge in [-0.3, -0.25) is 4.90 Å². The van der Waals surface area contributed by atoms with Crippen molar-refractivity contribution in [1.29, 1.82) is 0 Å². The Morgan fingerprint density at radius 2 is 2.00 bits per heavy atom. The predicted octanol–water partition coefficient (Wildman–Crippen LogP) is 4.22. The van der Waals surface area contributed by atoms with E-state index in [9.17, 15) is 13.6 Å². The van der Waals surface area contributed by atoms with Crippen molar-refractivity contribution in [3.8, 4) is 5.75 Å². The van der Waals surface area contributed by atoms with Crippen molar-refractivity contribution in [1.82, 2.24) is 9.88 Å². The molecule has 7 nitrogen and oxygen atoms in total. The first-order valence-corrected chi connectivity index (χ1v) is 11.1. The van der Waals surface area contributed by atoms with Crippen molar-refractivity contribution in [3.05, 3.63) is 16.6 Å². The van der Waals surface area contributed by atoms with E-state index in [-0.39, 0.29) is 23.9 Å². The standard InChI is InChI=1S/C19H22BrF2N3O4S/c1-18(2,3)29-17(27)25-10-6-11(25)8-24(7-10)16-23-14-13(28-19(21,22)9-26)5-4-12(20)15(14)30-16/h4-5,10-11,26H,6-9H2,1-3H3. The highest BCUT2D eigenvalue weighted by atomic mass is 79.9. The summed E-state index contributed by atoms with van der Waals surface area (Å²) in [6.07, 6.45) is -3.09. The summed E-state index contributed by atoms with van der Waals surface area (Å²) in [5, 5.41) is 9.49. The summed E-state index contributed by atoms with van der Waals surface area (Å²) in [5.41, 5.74) is -0.242. The van der Waals surface area contributed by atoms with Gasteiger partial charge in [0.25, 0.3) is 0 Å². The van der Waals surface area contributed by atoms with Crippen LogP contribution in [-0.4, -0.2) is 64.6 Å². The zero-order valence-electron chi connectivity index (χ0n) is 16.7. The fourth-order valence-electron chi connectivity index (χ4n) is 3.73. The van der Waals surface area contributed by atoms with Crippen LogP contribution < -0.4 is 9.64 Å². The van der Waals surface area contributed by atoms with Crippen molar-refractivity contribution >= 4 is 48.7 Å². The van der Waals surface area contributed by atoms with Crippen LogP contribution in [-0.2, 0) is 4.74 Å². The minimum atomic E-state index is -3.69. The number of piperazine rings is 1. The summed E-state index contributed by atoms with van der Waals surface area (Å²) in [6, 6.07) is 3.08. The number of amides is 1. The maximum atomic E-state index is 13.6. The van der Waals surface area contributed by atoms with E-state index in [4.69, 9.17) is 14.6 Å². The van der Waals surface area contributed by atoms with Gasteiger partial charge in [-0.05, 0) is 55.3 Å². The zero-order chi connectivity index (χ0) is 21.8. The predicted molar refractivity (Wildman–Crippen MR) is 112 cm³/mol. The number of fused-ring (bicyclic) bond motifs is 3. The molecule has 3 fully saturated rings. The Kier molecular flexibility index (Phi) is 5.34. The van der Waals surface area contributed by atoms with Crippen LogP contribution in [0.2, 0.25) is 0 Å². The lowest BCUT2D eigenvalue weighted by molar-refractivity contribution is -0.200. The Hall–Kier alpha value is -1.72. The van der Waals surface area contributed by atoms with E-state index in [2.05, 4.69) is 25.8 Å². The first-order valence-electron chi connectivity index (χ1n) is 9.50. The molecule has 1 amide bonds. The lowest BCUT2D eigenvalue weighted by atomic mass is 9.88. The van der Waals surface area contributed by atoms with Crippen LogP contribution in [0.1, 0.15) is 27.2 Å². The van der Waals surface area contributed by atoms with Gasteiger partial charge >= 0.3 is 12.2 Å². The number of anilines is 1. The molecule has 5 rings (SSSR count).